The molecule has 2 unspecified atom stereocenters. The summed E-state index contributed by atoms with van der Waals surface area (Å²) >= 11 is 1.91. The molecular formula is C14H27N3S. The minimum absolute atomic E-state index is 0.593. The van der Waals surface area contributed by atoms with Crippen molar-refractivity contribution in [1.29, 1.82) is 0 Å². The maximum Gasteiger partial charge on any atom is 0.0939 e. The Morgan fingerprint density at radius 2 is 2.17 bits per heavy atom. The lowest BCUT2D eigenvalue weighted by Crippen LogP contribution is -2.37. The van der Waals surface area contributed by atoms with Crippen molar-refractivity contribution in [2.24, 2.45) is 13.0 Å². The van der Waals surface area contributed by atoms with Gasteiger partial charge >= 0.3 is 0 Å². The van der Waals surface area contributed by atoms with E-state index in [4.69, 9.17) is 0 Å². The van der Waals surface area contributed by atoms with Crippen molar-refractivity contribution in [3.8, 4) is 0 Å². The average Bonchev–Trinajstić information content (AvgIpc) is 2.67. The molecule has 1 N–H and O–H groups in total. The SMILES string of the molecule is CCCNC(CSc1cc(C)nn1C)C(C)CC. The minimum atomic E-state index is 0.593. The monoisotopic (exact) mass is 269 g/mol. The summed E-state index contributed by atoms with van der Waals surface area (Å²) in [6.07, 6.45) is 2.43. The maximum absolute atomic E-state index is 4.39. The van der Waals surface area contributed by atoms with Crippen LogP contribution in [-0.2, 0) is 7.05 Å². The van der Waals surface area contributed by atoms with Gasteiger partial charge in [0.15, 0.2) is 0 Å². The first-order valence-corrected chi connectivity index (χ1v) is 7.93. The van der Waals surface area contributed by atoms with Crippen LogP contribution in [-0.4, -0.2) is 28.1 Å². The second-order valence-electron chi connectivity index (χ2n) is 5.00. The van der Waals surface area contributed by atoms with Gasteiger partial charge in [-0.15, -0.1) is 11.8 Å². The normalized spacial score (nSPS) is 14.7. The first-order valence-electron chi connectivity index (χ1n) is 6.95. The van der Waals surface area contributed by atoms with Gasteiger partial charge in [0.1, 0.15) is 0 Å². The zero-order chi connectivity index (χ0) is 13.5. The van der Waals surface area contributed by atoms with Crippen LogP contribution in [0, 0.1) is 12.8 Å². The van der Waals surface area contributed by atoms with Crippen molar-refractivity contribution < 1.29 is 0 Å². The number of nitrogens with zero attached hydrogens (tertiary/aromatic N) is 2. The molecule has 0 spiro atoms. The summed E-state index contributed by atoms with van der Waals surface area (Å²) in [4.78, 5) is 0. The van der Waals surface area contributed by atoms with E-state index in [0.29, 0.717) is 6.04 Å². The summed E-state index contributed by atoms with van der Waals surface area (Å²) < 4.78 is 1.98. The highest BCUT2D eigenvalue weighted by Gasteiger charge is 2.16. The Morgan fingerprint density at radius 1 is 1.44 bits per heavy atom. The number of nitrogens with one attached hydrogen (secondary N) is 1. The molecule has 0 aliphatic rings. The molecule has 2 atom stereocenters. The Morgan fingerprint density at radius 3 is 2.67 bits per heavy atom. The summed E-state index contributed by atoms with van der Waals surface area (Å²) in [6, 6.07) is 2.76. The predicted octanol–water partition coefficient (Wildman–Crippen LogP) is 3.23. The lowest BCUT2D eigenvalue weighted by Gasteiger charge is -2.23. The summed E-state index contributed by atoms with van der Waals surface area (Å²) in [5, 5.41) is 9.32. The summed E-state index contributed by atoms with van der Waals surface area (Å²) in [5.74, 6) is 1.84. The van der Waals surface area contributed by atoms with Crippen LogP contribution in [0.2, 0.25) is 0 Å². The van der Waals surface area contributed by atoms with Gasteiger partial charge in [0.05, 0.1) is 10.7 Å². The molecule has 0 aromatic carbocycles. The molecule has 0 aliphatic carbocycles. The van der Waals surface area contributed by atoms with Crippen LogP contribution in [0.1, 0.15) is 39.3 Å². The van der Waals surface area contributed by atoms with Crippen molar-refractivity contribution in [3.05, 3.63) is 11.8 Å². The van der Waals surface area contributed by atoms with E-state index in [9.17, 15) is 0 Å². The lowest BCUT2D eigenvalue weighted by molar-refractivity contribution is 0.396. The predicted molar refractivity (Wildman–Crippen MR) is 80.2 cm³/mol. The molecule has 1 aromatic heterocycles. The number of aromatic nitrogens is 2. The third kappa shape index (κ3) is 4.65. The third-order valence-electron chi connectivity index (χ3n) is 3.36. The molecule has 0 fully saturated rings. The minimum Gasteiger partial charge on any atom is -0.313 e. The van der Waals surface area contributed by atoms with Gasteiger partial charge in [0.2, 0.25) is 0 Å². The molecule has 3 nitrogen and oxygen atoms in total. The molecule has 0 saturated carbocycles. The molecule has 4 heteroatoms. The van der Waals surface area contributed by atoms with Crippen LogP contribution < -0.4 is 5.32 Å². The molecule has 0 saturated heterocycles. The van der Waals surface area contributed by atoms with Crippen molar-refractivity contribution in [2.45, 2.75) is 51.6 Å². The highest BCUT2D eigenvalue weighted by molar-refractivity contribution is 7.99. The van der Waals surface area contributed by atoms with Crippen LogP contribution in [0.5, 0.6) is 0 Å². The molecule has 1 heterocycles. The van der Waals surface area contributed by atoms with Crippen molar-refractivity contribution in [2.75, 3.05) is 12.3 Å². The second-order valence-corrected chi connectivity index (χ2v) is 6.05. The van der Waals surface area contributed by atoms with Crippen molar-refractivity contribution >= 4 is 11.8 Å². The fraction of sp³-hybridized carbons (Fsp3) is 0.786. The lowest BCUT2D eigenvalue weighted by atomic mass is 10.0. The topological polar surface area (TPSA) is 29.9 Å². The summed E-state index contributed by atoms with van der Waals surface area (Å²) in [5.41, 5.74) is 1.10. The zero-order valence-corrected chi connectivity index (χ0v) is 13.2. The molecule has 0 amide bonds. The number of thioether (sulfide) groups is 1. The number of hydrogen-bond donors (Lipinski definition) is 1. The summed E-state index contributed by atoms with van der Waals surface area (Å²) in [6.45, 7) is 9.98. The fourth-order valence-corrected chi connectivity index (χ4v) is 3.21. The van der Waals surface area contributed by atoms with Gasteiger partial charge < -0.3 is 5.32 Å². The fourth-order valence-electron chi connectivity index (χ4n) is 1.94. The van der Waals surface area contributed by atoms with E-state index in [1.165, 1.54) is 17.9 Å². The Balaban J connectivity index is 2.52. The zero-order valence-electron chi connectivity index (χ0n) is 12.4. The van der Waals surface area contributed by atoms with E-state index in [0.717, 1.165) is 23.9 Å². The first kappa shape index (κ1) is 15.6. The largest absolute Gasteiger partial charge is 0.313 e. The van der Waals surface area contributed by atoms with Crippen LogP contribution in [0.3, 0.4) is 0 Å². The van der Waals surface area contributed by atoms with Gasteiger partial charge in [0, 0.05) is 18.8 Å². The van der Waals surface area contributed by atoms with E-state index in [1.54, 1.807) is 0 Å². The number of aryl methyl sites for hydroxylation is 2. The molecule has 1 aromatic rings. The highest BCUT2D eigenvalue weighted by atomic mass is 32.2. The maximum atomic E-state index is 4.39. The first-order chi connectivity index (χ1) is 8.58. The molecular weight excluding hydrogens is 242 g/mol. The van der Waals surface area contributed by atoms with Gasteiger partial charge in [0.25, 0.3) is 0 Å². The third-order valence-corrected chi connectivity index (χ3v) is 4.56. The average molecular weight is 269 g/mol. The van der Waals surface area contributed by atoms with Gasteiger partial charge in [-0.25, -0.2) is 0 Å². The van der Waals surface area contributed by atoms with E-state index in [1.807, 2.05) is 30.4 Å². The molecule has 0 radical (unpaired) electrons. The van der Waals surface area contributed by atoms with E-state index in [-0.39, 0.29) is 0 Å². The van der Waals surface area contributed by atoms with Gasteiger partial charge in [-0.2, -0.15) is 5.10 Å². The van der Waals surface area contributed by atoms with Crippen LogP contribution >= 0.6 is 11.8 Å². The van der Waals surface area contributed by atoms with Crippen molar-refractivity contribution in [3.63, 3.8) is 0 Å². The van der Waals surface area contributed by atoms with Gasteiger partial charge in [-0.3, -0.25) is 4.68 Å². The molecule has 0 bridgehead atoms. The Labute approximate surface area is 116 Å². The van der Waals surface area contributed by atoms with E-state index in [2.05, 4.69) is 37.3 Å². The highest BCUT2D eigenvalue weighted by Crippen LogP contribution is 2.22. The van der Waals surface area contributed by atoms with Crippen LogP contribution in [0.4, 0.5) is 0 Å². The van der Waals surface area contributed by atoms with Gasteiger partial charge in [-0.1, -0.05) is 27.2 Å². The molecule has 1 rings (SSSR count). The molecule has 18 heavy (non-hydrogen) atoms. The summed E-state index contributed by atoms with van der Waals surface area (Å²) in [7, 11) is 2.02. The van der Waals surface area contributed by atoms with E-state index < -0.39 is 0 Å². The Bertz CT molecular complexity index is 349. The standard InChI is InChI=1S/C14H27N3S/c1-6-8-15-13(11(3)7-2)10-18-14-9-12(4)16-17(14)5/h9,11,13,15H,6-8,10H2,1-5H3. The van der Waals surface area contributed by atoms with Crippen LogP contribution in [0.15, 0.2) is 11.1 Å². The number of hydrogen-bond acceptors (Lipinski definition) is 3. The van der Waals surface area contributed by atoms with Gasteiger partial charge in [-0.05, 0) is 31.9 Å². The smallest absolute Gasteiger partial charge is 0.0939 e. The molecule has 104 valence electrons. The quantitative estimate of drug-likeness (QED) is 0.735. The second kappa shape index (κ2) is 7.85. The number of rotatable bonds is 8. The van der Waals surface area contributed by atoms with Crippen molar-refractivity contribution in [1.82, 2.24) is 15.1 Å². The molecule has 0 aliphatic heterocycles. The van der Waals surface area contributed by atoms with E-state index >= 15 is 0 Å². The van der Waals surface area contributed by atoms with Crippen LogP contribution in [0.25, 0.3) is 0 Å². The Hall–Kier alpha value is -0.480. The Kier molecular flexibility index (Phi) is 6.79.